The first kappa shape index (κ1) is 30.2. The average molecular weight is 503 g/mol. The van der Waals surface area contributed by atoms with Crippen molar-refractivity contribution < 1.29 is 13.5 Å². The molecule has 1 aromatic carbocycles. The minimum absolute atomic E-state index is 0.0516. The van der Waals surface area contributed by atoms with Gasteiger partial charge in [0.25, 0.3) is 0 Å². The van der Waals surface area contributed by atoms with Crippen molar-refractivity contribution >= 4 is 0 Å². The van der Waals surface area contributed by atoms with Gasteiger partial charge in [-0.15, -0.1) is 0 Å². The van der Waals surface area contributed by atoms with E-state index in [-0.39, 0.29) is 19.4 Å². The van der Waals surface area contributed by atoms with E-state index in [9.17, 15) is 8.78 Å². The number of nitrogens with zero attached hydrogens (tertiary/aromatic N) is 2. The Morgan fingerprint density at radius 2 is 1.22 bits per heavy atom. The molecule has 0 aliphatic rings. The summed E-state index contributed by atoms with van der Waals surface area (Å²) in [5, 5.41) is 0. The fraction of sp³-hybridized carbons (Fsp3) is 0.677. The van der Waals surface area contributed by atoms with Crippen molar-refractivity contribution in [1.29, 1.82) is 0 Å². The van der Waals surface area contributed by atoms with Gasteiger partial charge in [0, 0.05) is 18.0 Å². The molecule has 2 rings (SSSR count). The van der Waals surface area contributed by atoms with Crippen LogP contribution in [0.4, 0.5) is 8.78 Å². The van der Waals surface area contributed by atoms with Crippen molar-refractivity contribution in [2.45, 2.75) is 129 Å². The summed E-state index contributed by atoms with van der Waals surface area (Å²) in [6.45, 7) is 4.24. The molecule has 36 heavy (non-hydrogen) atoms. The number of hydrogen-bond acceptors (Lipinski definition) is 3. The zero-order valence-corrected chi connectivity index (χ0v) is 22.7. The zero-order chi connectivity index (χ0) is 25.8. The van der Waals surface area contributed by atoms with Crippen molar-refractivity contribution in [3.63, 3.8) is 0 Å². The lowest BCUT2D eigenvalue weighted by molar-refractivity contribution is 0.168. The lowest BCUT2D eigenvalue weighted by Gasteiger charge is -2.12. The lowest BCUT2D eigenvalue weighted by atomic mass is 10.0. The summed E-state index contributed by atoms with van der Waals surface area (Å²) in [6.07, 6.45) is 19.0. The predicted molar refractivity (Wildman–Crippen MR) is 147 cm³/mol. The molecule has 0 spiro atoms. The third-order valence-electron chi connectivity index (χ3n) is 6.73. The predicted octanol–water partition coefficient (Wildman–Crippen LogP) is 9.63. The molecule has 0 fully saturated rings. The van der Waals surface area contributed by atoms with E-state index in [1.807, 2.05) is 43.6 Å². The maximum absolute atomic E-state index is 14.1. The fourth-order valence-electron chi connectivity index (χ4n) is 4.35. The molecule has 0 aliphatic heterocycles. The van der Waals surface area contributed by atoms with E-state index in [0.29, 0.717) is 18.0 Å². The number of hydrogen-bond donors (Lipinski definition) is 0. The standard InChI is InChI=1S/C31H48F2N2O/c1-3-5-7-8-9-10-11-12-13-14-15-26-23-34-31(35-24-26)27-17-21-30(22-18-27)36-25-29(33)20-19-28(32)16-6-4-2/h17-18,21-24,28-29H,3-16,19-20,25H2,1-2H3. The van der Waals surface area contributed by atoms with E-state index in [1.54, 1.807) is 0 Å². The highest BCUT2D eigenvalue weighted by Gasteiger charge is 2.13. The fourth-order valence-corrected chi connectivity index (χ4v) is 4.35. The van der Waals surface area contributed by atoms with Crippen molar-refractivity contribution in [2.24, 2.45) is 0 Å². The Balaban J connectivity index is 1.62. The Labute approximate surface area is 218 Å². The van der Waals surface area contributed by atoms with Crippen LogP contribution in [-0.2, 0) is 6.42 Å². The van der Waals surface area contributed by atoms with Gasteiger partial charge in [-0.25, -0.2) is 18.7 Å². The maximum atomic E-state index is 14.1. The second kappa shape index (κ2) is 19.1. The third kappa shape index (κ3) is 13.3. The molecule has 0 N–H and O–H groups in total. The first-order valence-electron chi connectivity index (χ1n) is 14.4. The van der Waals surface area contributed by atoms with E-state index in [4.69, 9.17) is 4.74 Å². The minimum atomic E-state index is -1.16. The lowest BCUT2D eigenvalue weighted by Crippen LogP contribution is -2.15. The highest BCUT2D eigenvalue weighted by atomic mass is 19.1. The number of ether oxygens (including phenoxy) is 1. The molecule has 5 heteroatoms. The van der Waals surface area contributed by atoms with Crippen LogP contribution in [-0.4, -0.2) is 28.9 Å². The van der Waals surface area contributed by atoms with Crippen molar-refractivity contribution in [3.8, 4) is 17.1 Å². The molecule has 1 aromatic heterocycles. The Morgan fingerprint density at radius 3 is 1.83 bits per heavy atom. The van der Waals surface area contributed by atoms with Crippen LogP contribution < -0.4 is 4.74 Å². The second-order valence-electron chi connectivity index (χ2n) is 10.1. The van der Waals surface area contributed by atoms with Gasteiger partial charge in [0.15, 0.2) is 5.82 Å². The normalized spacial score (nSPS) is 13.0. The Kier molecular flexibility index (Phi) is 16.0. The highest BCUT2D eigenvalue weighted by molar-refractivity contribution is 5.55. The van der Waals surface area contributed by atoms with Crippen LogP contribution in [0.25, 0.3) is 11.4 Å². The van der Waals surface area contributed by atoms with Crippen molar-refractivity contribution in [3.05, 3.63) is 42.2 Å². The van der Waals surface area contributed by atoms with Gasteiger partial charge in [0.2, 0.25) is 0 Å². The van der Waals surface area contributed by atoms with Gasteiger partial charge in [0.1, 0.15) is 24.7 Å². The van der Waals surface area contributed by atoms with E-state index >= 15 is 0 Å². The summed E-state index contributed by atoms with van der Waals surface area (Å²) >= 11 is 0. The van der Waals surface area contributed by atoms with Crippen LogP contribution in [0.5, 0.6) is 5.75 Å². The Bertz CT molecular complexity index is 782. The molecule has 202 valence electrons. The number of alkyl halides is 2. The van der Waals surface area contributed by atoms with E-state index in [2.05, 4.69) is 16.9 Å². The van der Waals surface area contributed by atoms with Gasteiger partial charge in [-0.1, -0.05) is 84.5 Å². The summed E-state index contributed by atoms with van der Waals surface area (Å²) in [6, 6.07) is 7.40. The Morgan fingerprint density at radius 1 is 0.667 bits per heavy atom. The summed E-state index contributed by atoms with van der Waals surface area (Å²) in [4.78, 5) is 9.06. The summed E-state index contributed by atoms with van der Waals surface area (Å²) < 4.78 is 33.3. The maximum Gasteiger partial charge on any atom is 0.159 e. The van der Waals surface area contributed by atoms with Gasteiger partial charge in [-0.3, -0.25) is 0 Å². The Hall–Kier alpha value is -2.04. The average Bonchev–Trinajstić information content (AvgIpc) is 2.91. The third-order valence-corrected chi connectivity index (χ3v) is 6.73. The molecule has 2 aromatic rings. The van der Waals surface area contributed by atoms with Crippen LogP contribution in [0, 0.1) is 0 Å². The van der Waals surface area contributed by atoms with Gasteiger partial charge in [-0.2, -0.15) is 0 Å². The summed E-state index contributed by atoms with van der Waals surface area (Å²) in [5.74, 6) is 1.28. The SMILES string of the molecule is CCCCCCCCCCCCc1cnc(-c2ccc(OCC(F)CCC(F)CCCC)cc2)nc1. The molecular formula is C31H48F2N2O. The quantitative estimate of drug-likeness (QED) is 0.159. The van der Waals surface area contributed by atoms with Gasteiger partial charge < -0.3 is 4.74 Å². The molecule has 3 nitrogen and oxygen atoms in total. The molecule has 0 amide bonds. The minimum Gasteiger partial charge on any atom is -0.491 e. The van der Waals surface area contributed by atoms with E-state index < -0.39 is 12.3 Å². The highest BCUT2D eigenvalue weighted by Crippen LogP contribution is 2.21. The monoisotopic (exact) mass is 502 g/mol. The number of aryl methyl sites for hydroxylation is 1. The first-order chi connectivity index (χ1) is 17.6. The smallest absolute Gasteiger partial charge is 0.159 e. The zero-order valence-electron chi connectivity index (χ0n) is 22.7. The molecule has 0 saturated heterocycles. The van der Waals surface area contributed by atoms with Crippen LogP contribution in [0.15, 0.2) is 36.7 Å². The van der Waals surface area contributed by atoms with Crippen LogP contribution in [0.2, 0.25) is 0 Å². The molecule has 0 bridgehead atoms. The topological polar surface area (TPSA) is 35.0 Å². The number of benzene rings is 1. The summed E-state index contributed by atoms with van der Waals surface area (Å²) in [7, 11) is 0. The van der Waals surface area contributed by atoms with Crippen LogP contribution in [0.3, 0.4) is 0 Å². The van der Waals surface area contributed by atoms with Crippen molar-refractivity contribution in [1.82, 2.24) is 9.97 Å². The van der Waals surface area contributed by atoms with E-state index in [0.717, 1.165) is 24.8 Å². The summed E-state index contributed by atoms with van der Waals surface area (Å²) in [5.41, 5.74) is 2.08. The molecule has 0 saturated carbocycles. The van der Waals surface area contributed by atoms with Crippen LogP contribution in [0.1, 0.15) is 116 Å². The molecule has 0 aliphatic carbocycles. The van der Waals surface area contributed by atoms with Gasteiger partial charge in [0.05, 0.1) is 0 Å². The number of unbranched alkanes of at least 4 members (excludes halogenated alkanes) is 10. The van der Waals surface area contributed by atoms with Gasteiger partial charge >= 0.3 is 0 Å². The van der Waals surface area contributed by atoms with E-state index in [1.165, 1.54) is 69.8 Å². The number of rotatable bonds is 21. The molecular weight excluding hydrogens is 454 g/mol. The van der Waals surface area contributed by atoms with Crippen molar-refractivity contribution in [2.75, 3.05) is 6.61 Å². The largest absolute Gasteiger partial charge is 0.491 e. The molecule has 0 radical (unpaired) electrons. The second-order valence-corrected chi connectivity index (χ2v) is 10.1. The number of aromatic nitrogens is 2. The molecule has 1 heterocycles. The first-order valence-corrected chi connectivity index (χ1v) is 14.4. The molecule has 2 unspecified atom stereocenters. The molecule has 2 atom stereocenters. The number of halogens is 2. The van der Waals surface area contributed by atoms with Gasteiger partial charge in [-0.05, 0) is 61.9 Å². The van der Waals surface area contributed by atoms with Crippen LogP contribution >= 0.6 is 0 Å².